The number of hydrogen-bond acceptors (Lipinski definition) is 4. The quantitative estimate of drug-likeness (QED) is 0.819. The number of pyridine rings is 1. The van der Waals surface area contributed by atoms with Gasteiger partial charge in [-0.3, -0.25) is 10.1 Å². The number of hydrogen-bond donors (Lipinski definition) is 2. The number of fused-ring (bicyclic) bond motifs is 1. The number of benzene rings is 1. The van der Waals surface area contributed by atoms with Crippen LogP contribution < -0.4 is 10.1 Å². The number of rotatable bonds is 7. The highest BCUT2D eigenvalue weighted by molar-refractivity contribution is 5.84. The lowest BCUT2D eigenvalue weighted by Gasteiger charge is -2.13. The molecule has 2 aromatic rings. The molecule has 1 unspecified atom stereocenters. The molecule has 1 aromatic carbocycles. The second kappa shape index (κ2) is 7.04. The fourth-order valence-corrected chi connectivity index (χ4v) is 2.25. The molecule has 0 saturated carbocycles. The van der Waals surface area contributed by atoms with Crippen molar-refractivity contribution in [1.82, 2.24) is 10.3 Å². The average molecular weight is 288 g/mol. The third kappa shape index (κ3) is 3.70. The molecule has 1 aromatic heterocycles. The molecule has 2 N–H and O–H groups in total. The summed E-state index contributed by atoms with van der Waals surface area (Å²) in [6.45, 7) is 2.39. The third-order valence-corrected chi connectivity index (χ3v) is 3.37. The number of methoxy groups -OCH3 is 1. The van der Waals surface area contributed by atoms with E-state index in [1.165, 1.54) is 0 Å². The lowest BCUT2D eigenvalue weighted by molar-refractivity contribution is -0.139. The number of ether oxygens (including phenoxy) is 1. The molecular weight excluding hydrogens is 268 g/mol. The normalized spacial score (nSPS) is 12.3. The fraction of sp³-hybridized carbons (Fsp3) is 0.375. The Morgan fingerprint density at radius 1 is 1.38 bits per heavy atom. The van der Waals surface area contributed by atoms with E-state index >= 15 is 0 Å². The van der Waals surface area contributed by atoms with Crippen molar-refractivity contribution >= 4 is 16.9 Å². The van der Waals surface area contributed by atoms with Gasteiger partial charge in [0.2, 0.25) is 0 Å². The molecule has 0 amide bonds. The summed E-state index contributed by atoms with van der Waals surface area (Å²) in [4.78, 5) is 15.7. The lowest BCUT2D eigenvalue weighted by Crippen LogP contribution is -2.36. The van der Waals surface area contributed by atoms with Crippen LogP contribution in [0, 0.1) is 0 Å². The predicted molar refractivity (Wildman–Crippen MR) is 81.5 cm³/mol. The molecule has 21 heavy (non-hydrogen) atoms. The molecule has 0 aliphatic carbocycles. The Morgan fingerprint density at radius 3 is 2.86 bits per heavy atom. The zero-order valence-electron chi connectivity index (χ0n) is 12.3. The van der Waals surface area contributed by atoms with Crippen LogP contribution in [0.15, 0.2) is 30.3 Å². The predicted octanol–water partition coefficient (Wildman–Crippen LogP) is 2.59. The third-order valence-electron chi connectivity index (χ3n) is 3.37. The molecule has 1 heterocycles. The summed E-state index contributed by atoms with van der Waals surface area (Å²) >= 11 is 0. The van der Waals surface area contributed by atoms with Crippen molar-refractivity contribution in [3.8, 4) is 5.75 Å². The SMILES string of the molecule is CCCC(NCc1ccc2cccc(OC)c2n1)C(=O)O. The van der Waals surface area contributed by atoms with Crippen LogP contribution in [-0.2, 0) is 11.3 Å². The second-order valence-electron chi connectivity index (χ2n) is 4.89. The van der Waals surface area contributed by atoms with E-state index in [2.05, 4.69) is 10.3 Å². The highest BCUT2D eigenvalue weighted by Crippen LogP contribution is 2.23. The van der Waals surface area contributed by atoms with E-state index in [0.717, 1.165) is 28.8 Å². The van der Waals surface area contributed by atoms with E-state index in [0.29, 0.717) is 13.0 Å². The van der Waals surface area contributed by atoms with Gasteiger partial charge in [0.05, 0.1) is 12.8 Å². The van der Waals surface area contributed by atoms with Crippen LogP contribution in [0.3, 0.4) is 0 Å². The van der Waals surface area contributed by atoms with E-state index in [4.69, 9.17) is 9.84 Å². The zero-order chi connectivity index (χ0) is 15.2. The Hall–Kier alpha value is -2.14. The van der Waals surface area contributed by atoms with Crippen LogP contribution in [0.1, 0.15) is 25.5 Å². The summed E-state index contributed by atoms with van der Waals surface area (Å²) in [7, 11) is 1.61. The maximum atomic E-state index is 11.1. The summed E-state index contributed by atoms with van der Waals surface area (Å²) in [5.74, 6) is -0.104. The van der Waals surface area contributed by atoms with E-state index in [1.807, 2.05) is 37.3 Å². The minimum Gasteiger partial charge on any atom is -0.494 e. The summed E-state index contributed by atoms with van der Waals surface area (Å²) in [6, 6.07) is 9.09. The average Bonchev–Trinajstić information content (AvgIpc) is 2.50. The van der Waals surface area contributed by atoms with E-state index in [-0.39, 0.29) is 0 Å². The number of nitrogens with one attached hydrogen (secondary N) is 1. The standard InChI is InChI=1S/C16H20N2O3/c1-3-5-13(16(19)20)17-10-12-9-8-11-6-4-7-14(21-2)15(11)18-12/h4,6-9,13,17H,3,5,10H2,1-2H3,(H,19,20). The Bertz CT molecular complexity index is 628. The topological polar surface area (TPSA) is 71.5 Å². The van der Waals surface area contributed by atoms with Gasteiger partial charge in [0.1, 0.15) is 17.3 Å². The summed E-state index contributed by atoms with van der Waals surface area (Å²) in [6.07, 6.45) is 1.43. The number of aliphatic carboxylic acids is 1. The van der Waals surface area contributed by atoms with Gasteiger partial charge in [-0.15, -0.1) is 0 Å². The Labute approximate surface area is 124 Å². The molecule has 2 rings (SSSR count). The van der Waals surface area contributed by atoms with Gasteiger partial charge in [0.25, 0.3) is 0 Å². The molecule has 0 bridgehead atoms. The van der Waals surface area contributed by atoms with Crippen molar-refractivity contribution in [2.75, 3.05) is 7.11 Å². The Kier molecular flexibility index (Phi) is 5.11. The molecule has 0 fully saturated rings. The fourth-order valence-electron chi connectivity index (χ4n) is 2.25. The van der Waals surface area contributed by atoms with Crippen LogP contribution in [0.2, 0.25) is 0 Å². The van der Waals surface area contributed by atoms with Crippen molar-refractivity contribution < 1.29 is 14.6 Å². The van der Waals surface area contributed by atoms with Gasteiger partial charge in [-0.2, -0.15) is 0 Å². The number of carboxylic acids is 1. The first kappa shape index (κ1) is 15.3. The molecule has 0 saturated heterocycles. The first-order valence-corrected chi connectivity index (χ1v) is 7.04. The van der Waals surface area contributed by atoms with Crippen LogP contribution >= 0.6 is 0 Å². The molecule has 5 heteroatoms. The molecule has 0 aliphatic heterocycles. The van der Waals surface area contributed by atoms with E-state index in [9.17, 15) is 4.79 Å². The molecule has 112 valence electrons. The zero-order valence-corrected chi connectivity index (χ0v) is 12.3. The van der Waals surface area contributed by atoms with Crippen LogP contribution in [0.25, 0.3) is 10.9 Å². The lowest BCUT2D eigenvalue weighted by atomic mass is 10.1. The number of nitrogens with zero attached hydrogens (tertiary/aromatic N) is 1. The maximum Gasteiger partial charge on any atom is 0.320 e. The highest BCUT2D eigenvalue weighted by atomic mass is 16.5. The first-order valence-electron chi connectivity index (χ1n) is 7.04. The molecule has 5 nitrogen and oxygen atoms in total. The van der Waals surface area contributed by atoms with Gasteiger partial charge in [-0.1, -0.05) is 31.5 Å². The van der Waals surface area contributed by atoms with Crippen LogP contribution in [0.5, 0.6) is 5.75 Å². The largest absolute Gasteiger partial charge is 0.494 e. The number of aromatic nitrogens is 1. The van der Waals surface area contributed by atoms with Crippen molar-refractivity contribution in [2.45, 2.75) is 32.4 Å². The van der Waals surface area contributed by atoms with Gasteiger partial charge >= 0.3 is 5.97 Å². The number of para-hydroxylation sites is 1. The summed E-state index contributed by atoms with van der Waals surface area (Å²) in [5, 5.41) is 13.2. The van der Waals surface area contributed by atoms with Gasteiger partial charge < -0.3 is 9.84 Å². The minimum atomic E-state index is -0.824. The minimum absolute atomic E-state index is 0.422. The monoisotopic (exact) mass is 288 g/mol. The highest BCUT2D eigenvalue weighted by Gasteiger charge is 2.15. The molecule has 1 atom stereocenters. The molecular formula is C16H20N2O3. The Morgan fingerprint density at radius 2 is 2.19 bits per heavy atom. The summed E-state index contributed by atoms with van der Waals surface area (Å²) < 4.78 is 5.31. The molecule has 0 aliphatic rings. The van der Waals surface area contributed by atoms with Crippen LogP contribution in [0.4, 0.5) is 0 Å². The Balaban J connectivity index is 2.17. The molecule has 0 spiro atoms. The van der Waals surface area contributed by atoms with Gasteiger partial charge in [0.15, 0.2) is 0 Å². The smallest absolute Gasteiger partial charge is 0.320 e. The van der Waals surface area contributed by atoms with E-state index in [1.54, 1.807) is 7.11 Å². The van der Waals surface area contributed by atoms with Gasteiger partial charge in [0, 0.05) is 11.9 Å². The summed E-state index contributed by atoms with van der Waals surface area (Å²) in [5.41, 5.74) is 1.59. The number of carboxylic acid groups (broad SMARTS) is 1. The van der Waals surface area contributed by atoms with Gasteiger partial charge in [-0.05, 0) is 18.6 Å². The van der Waals surface area contributed by atoms with Crippen molar-refractivity contribution in [1.29, 1.82) is 0 Å². The second-order valence-corrected chi connectivity index (χ2v) is 4.89. The molecule has 0 radical (unpaired) electrons. The first-order chi connectivity index (χ1) is 10.2. The van der Waals surface area contributed by atoms with Crippen molar-refractivity contribution in [3.63, 3.8) is 0 Å². The van der Waals surface area contributed by atoms with Crippen molar-refractivity contribution in [3.05, 3.63) is 36.0 Å². The van der Waals surface area contributed by atoms with Crippen LogP contribution in [-0.4, -0.2) is 29.2 Å². The van der Waals surface area contributed by atoms with Gasteiger partial charge in [-0.25, -0.2) is 4.98 Å². The van der Waals surface area contributed by atoms with E-state index < -0.39 is 12.0 Å². The van der Waals surface area contributed by atoms with Crippen molar-refractivity contribution in [2.24, 2.45) is 0 Å². The number of carbonyl (C=O) groups is 1. The maximum absolute atomic E-state index is 11.1.